The summed E-state index contributed by atoms with van der Waals surface area (Å²) in [5, 5.41) is 4.24. The number of ether oxygens (including phenoxy) is 1. The summed E-state index contributed by atoms with van der Waals surface area (Å²) in [6.45, 7) is 3.91. The van der Waals surface area contributed by atoms with Crippen molar-refractivity contribution in [3.63, 3.8) is 0 Å². The third-order valence-electron chi connectivity index (χ3n) is 4.73. The highest BCUT2D eigenvalue weighted by atomic mass is 16.5. The van der Waals surface area contributed by atoms with Gasteiger partial charge in [0.25, 0.3) is 5.91 Å². The second-order valence-corrected chi connectivity index (χ2v) is 6.42. The van der Waals surface area contributed by atoms with Gasteiger partial charge in [0, 0.05) is 5.92 Å². The summed E-state index contributed by atoms with van der Waals surface area (Å²) < 4.78 is 5.15. The van der Waals surface area contributed by atoms with Crippen LogP contribution in [-0.4, -0.2) is 24.8 Å². The van der Waals surface area contributed by atoms with Gasteiger partial charge in [-0.15, -0.1) is 0 Å². The Morgan fingerprint density at radius 3 is 2.42 bits per heavy atom. The van der Waals surface area contributed by atoms with Crippen LogP contribution in [0.3, 0.4) is 0 Å². The number of hydrazone groups is 1. The Kier molecular flexibility index (Phi) is 5.65. The van der Waals surface area contributed by atoms with Crippen LogP contribution in [0.15, 0.2) is 59.7 Å². The van der Waals surface area contributed by atoms with E-state index in [9.17, 15) is 4.79 Å². The molecule has 3 unspecified atom stereocenters. The maximum atomic E-state index is 12.5. The molecule has 0 aromatic heterocycles. The van der Waals surface area contributed by atoms with E-state index in [1.807, 2.05) is 49.4 Å². The molecule has 3 atom stereocenters. The molecule has 1 saturated heterocycles. The van der Waals surface area contributed by atoms with Crippen LogP contribution < -0.4 is 21.0 Å². The lowest BCUT2D eigenvalue weighted by Gasteiger charge is -2.17. The highest BCUT2D eigenvalue weighted by Crippen LogP contribution is 2.28. The van der Waals surface area contributed by atoms with Crippen LogP contribution in [0.4, 0.5) is 0 Å². The van der Waals surface area contributed by atoms with Gasteiger partial charge in [-0.1, -0.05) is 37.3 Å². The third kappa shape index (κ3) is 3.92. The quantitative estimate of drug-likeness (QED) is 0.571. The van der Waals surface area contributed by atoms with Gasteiger partial charge in [-0.25, -0.2) is 16.3 Å². The summed E-state index contributed by atoms with van der Waals surface area (Å²) in [6.07, 6.45) is 0. The minimum absolute atomic E-state index is 0.0821. The maximum Gasteiger partial charge on any atom is 0.258 e. The zero-order valence-corrected chi connectivity index (χ0v) is 15.2. The van der Waals surface area contributed by atoms with E-state index < -0.39 is 0 Å². The minimum Gasteiger partial charge on any atom is -0.497 e. The fourth-order valence-electron chi connectivity index (χ4n) is 3.09. The molecule has 0 bridgehead atoms. The van der Waals surface area contributed by atoms with Gasteiger partial charge < -0.3 is 4.74 Å². The van der Waals surface area contributed by atoms with Gasteiger partial charge in [0.1, 0.15) is 11.8 Å². The first-order chi connectivity index (χ1) is 12.6. The molecule has 6 heteroatoms. The van der Waals surface area contributed by atoms with Crippen molar-refractivity contribution in [2.75, 3.05) is 7.11 Å². The molecule has 1 amide bonds. The summed E-state index contributed by atoms with van der Waals surface area (Å²) in [6, 6.07) is 17.4. The van der Waals surface area contributed by atoms with E-state index in [-0.39, 0.29) is 23.9 Å². The van der Waals surface area contributed by atoms with Gasteiger partial charge in [0.05, 0.1) is 18.9 Å². The molecule has 1 fully saturated rings. The van der Waals surface area contributed by atoms with Crippen LogP contribution in [0.2, 0.25) is 0 Å². The molecule has 0 aliphatic carbocycles. The summed E-state index contributed by atoms with van der Waals surface area (Å²) in [5.74, 6) is 0.720. The lowest BCUT2D eigenvalue weighted by Crippen LogP contribution is -2.43. The van der Waals surface area contributed by atoms with Crippen LogP contribution in [0.1, 0.15) is 31.0 Å². The number of nitrogens with one attached hydrogen (secondary N) is 3. The molecule has 2 aromatic carbocycles. The van der Waals surface area contributed by atoms with Crippen molar-refractivity contribution >= 4 is 11.6 Å². The Hall–Kier alpha value is -2.70. The van der Waals surface area contributed by atoms with E-state index in [2.05, 4.69) is 40.4 Å². The first kappa shape index (κ1) is 18.1. The molecule has 3 N–H and O–H groups in total. The number of carbonyl (C=O) groups excluding carboxylic acids is 1. The van der Waals surface area contributed by atoms with Crippen molar-refractivity contribution in [2.24, 2.45) is 11.0 Å². The van der Waals surface area contributed by atoms with E-state index in [0.717, 1.165) is 22.6 Å². The van der Waals surface area contributed by atoms with E-state index in [1.54, 1.807) is 7.11 Å². The molecule has 136 valence electrons. The molecule has 1 heterocycles. The molecule has 0 saturated carbocycles. The lowest BCUT2D eigenvalue weighted by atomic mass is 9.91. The molecular weight excluding hydrogens is 328 g/mol. The second kappa shape index (κ2) is 8.12. The molecule has 1 aliphatic rings. The zero-order valence-electron chi connectivity index (χ0n) is 15.2. The standard InChI is InChI=1S/C20H24N4O2/c1-13-18(16-7-5-4-6-8-16)22-23-19(13)20(25)24-21-14(2)15-9-11-17(26-3)12-10-15/h4-13,18-19,22-23H,1-3H3,(H,24,25)/b21-14+. The van der Waals surface area contributed by atoms with Crippen molar-refractivity contribution in [1.82, 2.24) is 16.3 Å². The number of methoxy groups -OCH3 is 1. The number of hydrazine groups is 1. The Morgan fingerprint density at radius 2 is 1.77 bits per heavy atom. The average molecular weight is 352 g/mol. The van der Waals surface area contributed by atoms with Crippen LogP contribution in [0.25, 0.3) is 0 Å². The fraction of sp³-hybridized carbons (Fsp3) is 0.300. The fourth-order valence-corrected chi connectivity index (χ4v) is 3.09. The molecular formula is C20H24N4O2. The summed E-state index contributed by atoms with van der Waals surface area (Å²) in [5.41, 5.74) is 11.8. The molecule has 0 radical (unpaired) electrons. The van der Waals surface area contributed by atoms with Gasteiger partial charge in [0.15, 0.2) is 0 Å². The lowest BCUT2D eigenvalue weighted by molar-refractivity contribution is -0.123. The molecule has 6 nitrogen and oxygen atoms in total. The number of carbonyl (C=O) groups is 1. The third-order valence-corrected chi connectivity index (χ3v) is 4.73. The second-order valence-electron chi connectivity index (χ2n) is 6.42. The summed E-state index contributed by atoms with van der Waals surface area (Å²) >= 11 is 0. The predicted octanol–water partition coefficient (Wildman–Crippen LogP) is 2.39. The van der Waals surface area contributed by atoms with E-state index in [1.165, 1.54) is 0 Å². The smallest absolute Gasteiger partial charge is 0.258 e. The van der Waals surface area contributed by atoms with Gasteiger partial charge in [0.2, 0.25) is 0 Å². The van der Waals surface area contributed by atoms with Crippen LogP contribution in [0.5, 0.6) is 5.75 Å². The predicted molar refractivity (Wildman–Crippen MR) is 102 cm³/mol. The number of amides is 1. The number of rotatable bonds is 5. The van der Waals surface area contributed by atoms with Gasteiger partial charge >= 0.3 is 0 Å². The Morgan fingerprint density at radius 1 is 1.08 bits per heavy atom. The van der Waals surface area contributed by atoms with Crippen molar-refractivity contribution in [3.8, 4) is 5.75 Å². The van der Waals surface area contributed by atoms with Gasteiger partial charge in [-0.3, -0.25) is 4.79 Å². The van der Waals surface area contributed by atoms with Crippen molar-refractivity contribution in [2.45, 2.75) is 25.9 Å². The first-order valence-electron chi connectivity index (χ1n) is 8.64. The topological polar surface area (TPSA) is 74.8 Å². The average Bonchev–Trinajstić information content (AvgIpc) is 3.08. The van der Waals surface area contributed by atoms with E-state index >= 15 is 0 Å². The largest absolute Gasteiger partial charge is 0.497 e. The van der Waals surface area contributed by atoms with Crippen molar-refractivity contribution < 1.29 is 9.53 Å². The van der Waals surface area contributed by atoms with Gasteiger partial charge in [-0.05, 0) is 42.3 Å². The first-order valence-corrected chi connectivity index (χ1v) is 8.64. The molecule has 3 rings (SSSR count). The van der Waals surface area contributed by atoms with Crippen LogP contribution in [0, 0.1) is 5.92 Å². The van der Waals surface area contributed by atoms with E-state index in [4.69, 9.17) is 4.74 Å². The minimum atomic E-state index is -0.354. The Labute approximate surface area is 153 Å². The highest BCUT2D eigenvalue weighted by molar-refractivity contribution is 5.99. The monoisotopic (exact) mass is 352 g/mol. The van der Waals surface area contributed by atoms with Crippen molar-refractivity contribution in [1.29, 1.82) is 0 Å². The molecule has 1 aliphatic heterocycles. The molecule has 0 spiro atoms. The van der Waals surface area contributed by atoms with Crippen molar-refractivity contribution in [3.05, 3.63) is 65.7 Å². The Balaban J connectivity index is 1.62. The SMILES string of the molecule is COc1ccc(/C(C)=N/NC(=O)C2NNC(c3ccccc3)C2C)cc1. The number of benzene rings is 2. The Bertz CT molecular complexity index is 774. The molecule has 26 heavy (non-hydrogen) atoms. The van der Waals surface area contributed by atoms with Gasteiger partial charge in [-0.2, -0.15) is 5.10 Å². The number of nitrogens with zero attached hydrogens (tertiary/aromatic N) is 1. The number of hydrogen-bond donors (Lipinski definition) is 3. The highest BCUT2D eigenvalue weighted by Gasteiger charge is 2.37. The maximum absolute atomic E-state index is 12.5. The molecule has 2 aromatic rings. The normalized spacial score (nSPS) is 22.9. The summed E-state index contributed by atoms with van der Waals surface area (Å²) in [7, 11) is 1.63. The van der Waals surface area contributed by atoms with E-state index in [0.29, 0.717) is 0 Å². The van der Waals surface area contributed by atoms with Crippen LogP contribution >= 0.6 is 0 Å². The zero-order chi connectivity index (χ0) is 18.5. The summed E-state index contributed by atoms with van der Waals surface area (Å²) in [4.78, 5) is 12.5. The van der Waals surface area contributed by atoms with Crippen LogP contribution in [-0.2, 0) is 4.79 Å². The number of hydrogen-bond acceptors (Lipinski definition) is 5.